The van der Waals surface area contributed by atoms with Gasteiger partial charge in [-0.2, -0.15) is 0 Å². The van der Waals surface area contributed by atoms with E-state index in [0.717, 1.165) is 32.0 Å². The Morgan fingerprint density at radius 2 is 1.79 bits per heavy atom. The summed E-state index contributed by atoms with van der Waals surface area (Å²) in [6, 6.07) is 14.6. The van der Waals surface area contributed by atoms with Gasteiger partial charge in [-0.1, -0.05) is 24.3 Å². The first-order chi connectivity index (χ1) is 13.6. The number of thiophene rings is 1. The highest BCUT2D eigenvalue weighted by Crippen LogP contribution is 2.41. The summed E-state index contributed by atoms with van der Waals surface area (Å²) in [6.07, 6.45) is 0. The average Bonchev–Trinajstić information content (AvgIpc) is 3.00. The topological polar surface area (TPSA) is 47.0 Å². The lowest BCUT2D eigenvalue weighted by Crippen LogP contribution is -2.00. The minimum absolute atomic E-state index is 0.318. The highest BCUT2D eigenvalue weighted by Gasteiger charge is 2.18. The smallest absolute Gasteiger partial charge is 0.146 e. The summed E-state index contributed by atoms with van der Waals surface area (Å²) in [5.41, 5.74) is 2.50. The number of hydrogen-bond donors (Lipinski definition) is 1. The maximum absolute atomic E-state index is 14.2. The normalized spacial score (nSPS) is 11.0. The number of ether oxygens (including phenoxy) is 1. The van der Waals surface area contributed by atoms with Crippen molar-refractivity contribution >= 4 is 33.1 Å². The highest BCUT2D eigenvalue weighted by atomic mass is 32.1. The first-order valence-electron chi connectivity index (χ1n) is 9.09. The highest BCUT2D eigenvalue weighted by molar-refractivity contribution is 7.19. The van der Waals surface area contributed by atoms with E-state index in [1.807, 2.05) is 38.1 Å². The van der Waals surface area contributed by atoms with Crippen molar-refractivity contribution in [1.82, 2.24) is 9.97 Å². The van der Waals surface area contributed by atoms with Crippen LogP contribution in [0, 0.1) is 19.7 Å². The van der Waals surface area contributed by atoms with Crippen LogP contribution in [0.3, 0.4) is 0 Å². The second-order valence-electron chi connectivity index (χ2n) is 6.40. The molecule has 0 saturated carbocycles. The van der Waals surface area contributed by atoms with Crippen molar-refractivity contribution in [2.24, 2.45) is 0 Å². The number of rotatable bonds is 5. The van der Waals surface area contributed by atoms with Crippen LogP contribution >= 0.6 is 11.3 Å². The summed E-state index contributed by atoms with van der Waals surface area (Å²) in [6.45, 7) is 6.51. The molecule has 4 nitrogen and oxygen atoms in total. The fraction of sp³-hybridized carbons (Fsp3) is 0.182. The number of aromatic nitrogens is 2. The number of nitrogens with one attached hydrogen (secondary N) is 1. The van der Waals surface area contributed by atoms with Gasteiger partial charge in [-0.25, -0.2) is 14.4 Å². The Balaban J connectivity index is 1.87. The number of fused-ring (bicyclic) bond motifs is 1. The lowest BCUT2D eigenvalue weighted by Gasteiger charge is -2.11. The summed E-state index contributed by atoms with van der Waals surface area (Å²) in [7, 11) is 0. The van der Waals surface area contributed by atoms with E-state index >= 15 is 0 Å². The molecule has 2 aromatic carbocycles. The SMILES string of the molecule is CCOc1ccc(-c2c(C)sc3nc(C)nc(Nc4ccccc4F)c23)cc1. The van der Waals surface area contributed by atoms with Crippen molar-refractivity contribution in [2.45, 2.75) is 20.8 Å². The number of para-hydroxylation sites is 1. The Labute approximate surface area is 167 Å². The number of nitrogens with zero attached hydrogens (tertiary/aromatic N) is 2. The van der Waals surface area contributed by atoms with E-state index in [1.54, 1.807) is 29.5 Å². The van der Waals surface area contributed by atoms with Crippen LogP contribution in [0.25, 0.3) is 21.3 Å². The van der Waals surface area contributed by atoms with E-state index in [-0.39, 0.29) is 5.82 Å². The molecule has 4 rings (SSSR count). The molecule has 142 valence electrons. The van der Waals surface area contributed by atoms with Crippen LogP contribution in [-0.2, 0) is 0 Å². The van der Waals surface area contributed by atoms with Crippen LogP contribution in [0.2, 0.25) is 0 Å². The first kappa shape index (κ1) is 18.4. The van der Waals surface area contributed by atoms with Gasteiger partial charge in [-0.15, -0.1) is 11.3 Å². The van der Waals surface area contributed by atoms with Crippen molar-refractivity contribution < 1.29 is 9.13 Å². The largest absolute Gasteiger partial charge is 0.494 e. The molecule has 0 unspecified atom stereocenters. The second kappa shape index (κ2) is 7.56. The fourth-order valence-corrected chi connectivity index (χ4v) is 4.32. The van der Waals surface area contributed by atoms with Crippen molar-refractivity contribution in [3.63, 3.8) is 0 Å². The molecule has 6 heteroatoms. The lowest BCUT2D eigenvalue weighted by molar-refractivity contribution is 0.340. The zero-order valence-electron chi connectivity index (χ0n) is 15.9. The van der Waals surface area contributed by atoms with E-state index in [1.165, 1.54) is 6.07 Å². The van der Waals surface area contributed by atoms with Crippen molar-refractivity contribution in [2.75, 3.05) is 11.9 Å². The summed E-state index contributed by atoms with van der Waals surface area (Å²) in [4.78, 5) is 11.2. The summed E-state index contributed by atoms with van der Waals surface area (Å²) in [5, 5.41) is 4.07. The molecule has 0 aliphatic rings. The molecule has 0 amide bonds. The Morgan fingerprint density at radius 3 is 2.50 bits per heavy atom. The zero-order chi connectivity index (χ0) is 19.7. The molecule has 0 aliphatic heterocycles. The molecule has 0 saturated heterocycles. The molecule has 0 fully saturated rings. The number of benzene rings is 2. The lowest BCUT2D eigenvalue weighted by atomic mass is 10.0. The molecular weight excluding hydrogens is 373 g/mol. The third-order valence-corrected chi connectivity index (χ3v) is 5.42. The minimum atomic E-state index is -0.318. The Bertz CT molecular complexity index is 1140. The van der Waals surface area contributed by atoms with Gasteiger partial charge < -0.3 is 10.1 Å². The Morgan fingerprint density at radius 1 is 1.04 bits per heavy atom. The number of hydrogen-bond acceptors (Lipinski definition) is 5. The Kier molecular flexibility index (Phi) is 4.96. The molecule has 1 N–H and O–H groups in total. The average molecular weight is 393 g/mol. The Hall–Kier alpha value is -2.99. The van der Waals surface area contributed by atoms with Crippen molar-refractivity contribution in [3.05, 3.63) is 65.0 Å². The van der Waals surface area contributed by atoms with Gasteiger partial charge in [-0.05, 0) is 50.6 Å². The van der Waals surface area contributed by atoms with Gasteiger partial charge in [0.2, 0.25) is 0 Å². The van der Waals surface area contributed by atoms with Crippen molar-refractivity contribution in [3.8, 4) is 16.9 Å². The summed E-state index contributed by atoms with van der Waals surface area (Å²) in [5.74, 6) is 1.77. The van der Waals surface area contributed by atoms with Gasteiger partial charge in [0.05, 0.1) is 17.7 Å². The van der Waals surface area contributed by atoms with E-state index in [4.69, 9.17) is 4.74 Å². The van der Waals surface area contributed by atoms with Gasteiger partial charge in [0.15, 0.2) is 0 Å². The molecule has 0 aliphatic carbocycles. The van der Waals surface area contributed by atoms with E-state index in [9.17, 15) is 4.39 Å². The van der Waals surface area contributed by atoms with Crippen LogP contribution in [0.4, 0.5) is 15.9 Å². The minimum Gasteiger partial charge on any atom is -0.494 e. The fourth-order valence-electron chi connectivity index (χ4n) is 3.23. The van der Waals surface area contributed by atoms with Gasteiger partial charge in [0, 0.05) is 10.4 Å². The monoisotopic (exact) mass is 393 g/mol. The molecular formula is C22H20FN3OS. The van der Waals surface area contributed by atoms with E-state index in [2.05, 4.69) is 22.2 Å². The molecule has 0 radical (unpaired) electrons. The maximum Gasteiger partial charge on any atom is 0.146 e. The first-order valence-corrected chi connectivity index (χ1v) is 9.91. The summed E-state index contributed by atoms with van der Waals surface area (Å²) < 4.78 is 19.8. The van der Waals surface area contributed by atoms with Gasteiger partial charge in [0.25, 0.3) is 0 Å². The summed E-state index contributed by atoms with van der Waals surface area (Å²) >= 11 is 1.62. The van der Waals surface area contributed by atoms with Crippen LogP contribution in [-0.4, -0.2) is 16.6 Å². The standard InChI is InChI=1S/C22H20FN3OS/c1-4-27-16-11-9-15(10-12-16)19-13(2)28-22-20(19)21(24-14(3)25-22)26-18-8-6-5-7-17(18)23/h5-12H,4H2,1-3H3,(H,24,25,26). The molecule has 4 aromatic rings. The van der Waals surface area contributed by atoms with Gasteiger partial charge in [0.1, 0.15) is 28.0 Å². The van der Waals surface area contributed by atoms with Crippen LogP contribution < -0.4 is 10.1 Å². The molecule has 0 atom stereocenters. The molecule has 2 aromatic heterocycles. The van der Waals surface area contributed by atoms with E-state index in [0.29, 0.717) is 23.9 Å². The molecule has 0 bridgehead atoms. The third-order valence-electron chi connectivity index (χ3n) is 4.42. The predicted octanol–water partition coefficient (Wildman–Crippen LogP) is 6.26. The van der Waals surface area contributed by atoms with Crippen LogP contribution in [0.15, 0.2) is 48.5 Å². The number of halogens is 1. The molecule has 0 spiro atoms. The maximum atomic E-state index is 14.2. The van der Waals surface area contributed by atoms with Gasteiger partial charge in [-0.3, -0.25) is 0 Å². The molecule has 2 heterocycles. The van der Waals surface area contributed by atoms with E-state index < -0.39 is 0 Å². The third kappa shape index (κ3) is 3.43. The quantitative estimate of drug-likeness (QED) is 0.435. The van der Waals surface area contributed by atoms with Crippen molar-refractivity contribution in [1.29, 1.82) is 0 Å². The van der Waals surface area contributed by atoms with Crippen LogP contribution in [0.1, 0.15) is 17.6 Å². The number of anilines is 2. The van der Waals surface area contributed by atoms with Crippen LogP contribution in [0.5, 0.6) is 5.75 Å². The number of aryl methyl sites for hydroxylation is 2. The zero-order valence-corrected chi connectivity index (χ0v) is 16.7. The second-order valence-corrected chi connectivity index (χ2v) is 7.60. The molecule has 28 heavy (non-hydrogen) atoms. The predicted molar refractivity (Wildman–Crippen MR) is 113 cm³/mol. The van der Waals surface area contributed by atoms with Gasteiger partial charge >= 0.3 is 0 Å².